The van der Waals surface area contributed by atoms with Crippen LogP contribution >= 0.6 is 0 Å². The highest BCUT2D eigenvalue weighted by molar-refractivity contribution is 5.70. The van der Waals surface area contributed by atoms with Gasteiger partial charge in [-0.3, -0.25) is 9.59 Å². The van der Waals surface area contributed by atoms with E-state index in [9.17, 15) is 29.7 Å². The first-order valence-corrected chi connectivity index (χ1v) is 11.7. The maximum Gasteiger partial charge on any atom is 0.311 e. The summed E-state index contributed by atoms with van der Waals surface area (Å²) >= 11 is 0. The number of hydrogen-bond acceptors (Lipinski definition) is 4. The Balaban J connectivity index is 5.12. The molecule has 0 aliphatic rings. The molecule has 0 saturated heterocycles. The second kappa shape index (κ2) is 15.8. The summed E-state index contributed by atoms with van der Waals surface area (Å²) in [7, 11) is 0. The van der Waals surface area contributed by atoms with E-state index in [2.05, 4.69) is 19.1 Å². The number of unbranched alkanes of at least 4 members (excludes halogenated alkanes) is 6. The van der Waals surface area contributed by atoms with E-state index in [0.29, 0.717) is 6.54 Å². The van der Waals surface area contributed by atoms with E-state index in [0.717, 1.165) is 19.3 Å². The Morgan fingerprint density at radius 2 is 1.23 bits per heavy atom. The minimum Gasteiger partial charge on any atom is -0.550 e. The molecule has 7 heteroatoms. The van der Waals surface area contributed by atoms with Crippen molar-refractivity contribution in [1.29, 1.82) is 0 Å². The first-order valence-electron chi connectivity index (χ1n) is 11.7. The smallest absolute Gasteiger partial charge is 0.311 e. The van der Waals surface area contributed by atoms with Crippen molar-refractivity contribution in [2.75, 3.05) is 26.2 Å². The molecule has 0 amide bonds. The molecule has 7 nitrogen and oxygen atoms in total. The number of aliphatic carboxylic acids is 3. The molecule has 3 atom stereocenters. The number of carbonyl (C=O) groups is 3. The Morgan fingerprint density at radius 1 is 0.774 bits per heavy atom. The van der Waals surface area contributed by atoms with Gasteiger partial charge < -0.3 is 24.6 Å². The van der Waals surface area contributed by atoms with Crippen LogP contribution < -0.4 is 5.11 Å². The normalized spacial score (nSPS) is 16.5. The highest BCUT2D eigenvalue weighted by Gasteiger charge is 2.36. The van der Waals surface area contributed by atoms with Crippen molar-refractivity contribution < 1.29 is 34.2 Å². The standard InChI is InChI=1S/C24H43NO6/c1-5-6-7-8-9-10-11-12-13-14-15-25(16-19(2)22(26)27,17-20(3)23(28)29)18-21(4)24(30)31/h11-12,19-21H,5-10,13-18H2,1-4H3,(H2-,26,27,28,29,30,31)/b12-11+. The van der Waals surface area contributed by atoms with E-state index < -0.39 is 35.7 Å². The van der Waals surface area contributed by atoms with Crippen LogP contribution in [0, 0.1) is 17.8 Å². The molecule has 0 aliphatic carbocycles. The van der Waals surface area contributed by atoms with Crippen molar-refractivity contribution in [3.63, 3.8) is 0 Å². The highest BCUT2D eigenvalue weighted by Crippen LogP contribution is 2.21. The average molecular weight is 442 g/mol. The SMILES string of the molecule is CCCCCCC/C=C/CCC[N+](CC(C)C(=O)[O-])(CC(C)C(=O)O)CC(C)C(=O)O. The minimum atomic E-state index is -1.20. The van der Waals surface area contributed by atoms with Crippen LogP contribution in [0.2, 0.25) is 0 Å². The lowest BCUT2D eigenvalue weighted by atomic mass is 10.0. The predicted molar refractivity (Wildman–Crippen MR) is 119 cm³/mol. The topological polar surface area (TPSA) is 115 Å². The molecule has 0 aromatic heterocycles. The third kappa shape index (κ3) is 13.2. The molecule has 0 radical (unpaired) electrons. The summed E-state index contributed by atoms with van der Waals surface area (Å²) < 4.78 is 0.154. The molecule has 2 N–H and O–H groups in total. The quantitative estimate of drug-likeness (QED) is 0.180. The van der Waals surface area contributed by atoms with Crippen LogP contribution in [0.25, 0.3) is 0 Å². The molecular formula is C24H43NO6. The van der Waals surface area contributed by atoms with Crippen molar-refractivity contribution in [3.8, 4) is 0 Å². The van der Waals surface area contributed by atoms with Crippen molar-refractivity contribution in [2.24, 2.45) is 17.8 Å². The molecule has 3 unspecified atom stereocenters. The lowest BCUT2D eigenvalue weighted by molar-refractivity contribution is -0.934. The summed E-state index contributed by atoms with van der Waals surface area (Å²) in [4.78, 5) is 34.4. The van der Waals surface area contributed by atoms with Crippen molar-refractivity contribution in [1.82, 2.24) is 0 Å². The number of allylic oxidation sites excluding steroid dienone is 2. The molecule has 0 rings (SSSR count). The van der Waals surface area contributed by atoms with Crippen LogP contribution in [-0.4, -0.2) is 58.8 Å². The first-order chi connectivity index (χ1) is 14.5. The maximum atomic E-state index is 11.5. The Morgan fingerprint density at radius 3 is 1.68 bits per heavy atom. The van der Waals surface area contributed by atoms with Gasteiger partial charge in [0.2, 0.25) is 0 Å². The molecule has 0 bridgehead atoms. The molecule has 0 aromatic carbocycles. The van der Waals surface area contributed by atoms with Crippen LogP contribution in [-0.2, 0) is 14.4 Å². The Bertz CT molecular complexity index is 519. The van der Waals surface area contributed by atoms with Gasteiger partial charge >= 0.3 is 11.9 Å². The summed E-state index contributed by atoms with van der Waals surface area (Å²) in [5, 5.41) is 30.2. The molecule has 0 aliphatic heterocycles. The van der Waals surface area contributed by atoms with E-state index in [-0.39, 0.29) is 24.1 Å². The summed E-state index contributed by atoms with van der Waals surface area (Å²) in [6.45, 7) is 8.01. The third-order valence-corrected chi connectivity index (χ3v) is 5.87. The number of carboxylic acid groups (broad SMARTS) is 3. The largest absolute Gasteiger partial charge is 0.550 e. The molecule has 0 fully saturated rings. The molecule has 0 saturated carbocycles. The van der Waals surface area contributed by atoms with Gasteiger partial charge in [-0.25, -0.2) is 0 Å². The van der Waals surface area contributed by atoms with Crippen molar-refractivity contribution >= 4 is 17.9 Å². The zero-order chi connectivity index (χ0) is 23.9. The van der Waals surface area contributed by atoms with E-state index >= 15 is 0 Å². The molecule has 31 heavy (non-hydrogen) atoms. The van der Waals surface area contributed by atoms with Gasteiger partial charge in [-0.05, 0) is 33.1 Å². The van der Waals surface area contributed by atoms with Gasteiger partial charge in [0, 0.05) is 18.3 Å². The number of quaternary nitrogens is 1. The summed E-state index contributed by atoms with van der Waals surface area (Å²) in [5.74, 6) is -5.32. The second-order valence-corrected chi connectivity index (χ2v) is 9.13. The molecule has 180 valence electrons. The summed E-state index contributed by atoms with van der Waals surface area (Å²) in [6.07, 6.45) is 13.1. The van der Waals surface area contributed by atoms with Gasteiger partial charge in [0.15, 0.2) is 0 Å². The van der Waals surface area contributed by atoms with E-state index in [4.69, 9.17) is 0 Å². The van der Waals surface area contributed by atoms with Gasteiger partial charge in [0.1, 0.15) is 11.8 Å². The van der Waals surface area contributed by atoms with Crippen LogP contribution in [0.5, 0.6) is 0 Å². The Labute approximate surface area is 187 Å². The predicted octanol–water partition coefficient (Wildman–Crippen LogP) is 3.33. The van der Waals surface area contributed by atoms with E-state index in [1.54, 1.807) is 13.8 Å². The summed E-state index contributed by atoms with van der Waals surface area (Å²) in [5.41, 5.74) is 0. The average Bonchev–Trinajstić information content (AvgIpc) is 2.68. The second-order valence-electron chi connectivity index (χ2n) is 9.13. The van der Waals surface area contributed by atoms with Gasteiger partial charge in [-0.2, -0.15) is 0 Å². The van der Waals surface area contributed by atoms with E-state index in [1.807, 2.05) is 0 Å². The maximum absolute atomic E-state index is 11.5. The molecule has 0 heterocycles. The molecule has 0 aromatic rings. The highest BCUT2D eigenvalue weighted by atomic mass is 16.4. The summed E-state index contributed by atoms with van der Waals surface area (Å²) in [6, 6.07) is 0. The minimum absolute atomic E-state index is 0.154. The Hall–Kier alpha value is -1.89. The van der Waals surface area contributed by atoms with Gasteiger partial charge in [-0.15, -0.1) is 0 Å². The molecule has 0 spiro atoms. The van der Waals surface area contributed by atoms with Crippen LogP contribution in [0.15, 0.2) is 12.2 Å². The van der Waals surface area contributed by atoms with Gasteiger partial charge in [0.25, 0.3) is 0 Å². The number of nitrogens with zero attached hydrogens (tertiary/aromatic N) is 1. The van der Waals surface area contributed by atoms with E-state index in [1.165, 1.54) is 39.0 Å². The monoisotopic (exact) mass is 441 g/mol. The zero-order valence-corrected chi connectivity index (χ0v) is 19.8. The van der Waals surface area contributed by atoms with Crippen molar-refractivity contribution in [2.45, 2.75) is 79.1 Å². The van der Waals surface area contributed by atoms with Crippen LogP contribution in [0.1, 0.15) is 79.1 Å². The third-order valence-electron chi connectivity index (χ3n) is 5.87. The molecular weight excluding hydrogens is 398 g/mol. The van der Waals surface area contributed by atoms with Crippen LogP contribution in [0.3, 0.4) is 0 Å². The zero-order valence-electron chi connectivity index (χ0n) is 19.8. The first kappa shape index (κ1) is 29.1. The fraction of sp³-hybridized carbons (Fsp3) is 0.792. The van der Waals surface area contributed by atoms with Gasteiger partial charge in [-0.1, -0.05) is 51.7 Å². The Kier molecular flexibility index (Phi) is 14.9. The lowest BCUT2D eigenvalue weighted by Gasteiger charge is -2.43. The number of carboxylic acids is 3. The number of carbonyl (C=O) groups excluding carboxylic acids is 1. The van der Waals surface area contributed by atoms with Crippen LogP contribution in [0.4, 0.5) is 0 Å². The number of rotatable bonds is 19. The fourth-order valence-electron chi connectivity index (χ4n) is 4.12. The lowest BCUT2D eigenvalue weighted by Crippen LogP contribution is -2.58. The van der Waals surface area contributed by atoms with Gasteiger partial charge in [0.05, 0.1) is 26.2 Å². The van der Waals surface area contributed by atoms with Crippen molar-refractivity contribution in [3.05, 3.63) is 12.2 Å². The number of hydrogen-bond donors (Lipinski definition) is 2. The fourth-order valence-corrected chi connectivity index (χ4v) is 4.12.